The highest BCUT2D eigenvalue weighted by atomic mass is 16.6. The quantitative estimate of drug-likeness (QED) is 0.452. The summed E-state index contributed by atoms with van der Waals surface area (Å²) in [5.74, 6) is -0.133. The fourth-order valence-electron chi connectivity index (χ4n) is 2.03. The number of fused-ring (bicyclic) bond motifs is 1. The van der Waals surface area contributed by atoms with Crippen LogP contribution in [-0.2, 0) is 0 Å². The maximum absolute atomic E-state index is 11.9. The number of hydrogen-bond donors (Lipinski definition) is 1. The lowest BCUT2D eigenvalue weighted by Gasteiger charge is -2.01. The molecule has 0 atom stereocenters. The molecule has 0 saturated heterocycles. The molecule has 7 nitrogen and oxygen atoms in total. The normalized spacial score (nSPS) is 11.6. The van der Waals surface area contributed by atoms with E-state index in [1.807, 2.05) is 0 Å². The number of aliphatic hydroxyl groups is 1. The third-order valence-electron chi connectivity index (χ3n) is 3.15. The zero-order chi connectivity index (χ0) is 16.4. The second-order valence-corrected chi connectivity index (χ2v) is 4.69. The minimum atomic E-state index is -0.791. The fraction of sp³-hybridized carbons (Fsp3) is 0. The van der Waals surface area contributed by atoms with Crippen LogP contribution in [0.25, 0.3) is 22.9 Å². The summed E-state index contributed by atoms with van der Waals surface area (Å²) in [6.45, 7) is 0. The highest BCUT2D eigenvalue weighted by Gasteiger charge is 2.11. The summed E-state index contributed by atoms with van der Waals surface area (Å²) in [7, 11) is 0. The van der Waals surface area contributed by atoms with E-state index in [0.29, 0.717) is 5.56 Å². The number of aromatic nitrogens is 1. The molecule has 0 amide bonds. The Morgan fingerprint density at radius 1 is 1.22 bits per heavy atom. The molecule has 0 saturated carbocycles. The van der Waals surface area contributed by atoms with Gasteiger partial charge in [-0.3, -0.25) is 10.1 Å². The van der Waals surface area contributed by atoms with E-state index in [1.165, 1.54) is 18.2 Å². The lowest BCUT2D eigenvalue weighted by molar-refractivity contribution is -0.384. The Kier molecular flexibility index (Phi) is 3.60. The Morgan fingerprint density at radius 3 is 2.65 bits per heavy atom. The Morgan fingerprint density at radius 2 is 1.96 bits per heavy atom. The van der Waals surface area contributed by atoms with E-state index in [-0.39, 0.29) is 28.2 Å². The van der Waals surface area contributed by atoms with Gasteiger partial charge in [-0.2, -0.15) is 0 Å². The second kappa shape index (κ2) is 5.72. The molecule has 0 aliphatic carbocycles. The van der Waals surface area contributed by atoms with E-state index in [9.17, 15) is 20.0 Å². The topological polar surface area (TPSA) is 106 Å². The van der Waals surface area contributed by atoms with Crippen molar-refractivity contribution in [1.82, 2.24) is 4.98 Å². The van der Waals surface area contributed by atoms with Gasteiger partial charge in [0.05, 0.1) is 11.0 Å². The fourth-order valence-corrected chi connectivity index (χ4v) is 2.03. The van der Waals surface area contributed by atoms with Crippen molar-refractivity contribution < 1.29 is 14.4 Å². The number of non-ortho nitro benzene ring substituents is 1. The summed E-state index contributed by atoms with van der Waals surface area (Å²) >= 11 is 0. The van der Waals surface area contributed by atoms with Crippen molar-refractivity contribution in [1.29, 1.82) is 0 Å². The average molecular weight is 310 g/mol. The smallest absolute Gasteiger partial charge is 0.362 e. The third kappa shape index (κ3) is 2.93. The van der Waals surface area contributed by atoms with Gasteiger partial charge in [0, 0.05) is 17.7 Å². The zero-order valence-electron chi connectivity index (χ0n) is 11.7. The molecule has 0 spiro atoms. The predicted molar refractivity (Wildman–Crippen MR) is 83.9 cm³/mol. The van der Waals surface area contributed by atoms with E-state index in [4.69, 9.17) is 4.42 Å². The number of nitrogens with zero attached hydrogens (tertiary/aromatic N) is 2. The molecule has 0 unspecified atom stereocenters. The van der Waals surface area contributed by atoms with Crippen LogP contribution in [0.15, 0.2) is 57.7 Å². The summed E-state index contributed by atoms with van der Waals surface area (Å²) < 4.78 is 5.04. The summed E-state index contributed by atoms with van der Waals surface area (Å²) in [5.41, 5.74) is -0.258. The van der Waals surface area contributed by atoms with Crippen LogP contribution >= 0.6 is 0 Å². The van der Waals surface area contributed by atoms with Gasteiger partial charge in [-0.1, -0.05) is 30.3 Å². The minimum absolute atomic E-state index is 0.0144. The number of rotatable bonds is 3. The van der Waals surface area contributed by atoms with Crippen LogP contribution in [0.2, 0.25) is 0 Å². The molecule has 0 fully saturated rings. The van der Waals surface area contributed by atoms with E-state index in [0.717, 1.165) is 6.07 Å². The van der Waals surface area contributed by atoms with Gasteiger partial charge in [0.15, 0.2) is 11.3 Å². The SMILES string of the molecule is O=c1oc2cc([N+](=O)[O-])ccc2nc1/C=C(\O)c1ccccc1. The van der Waals surface area contributed by atoms with Gasteiger partial charge in [0.1, 0.15) is 11.3 Å². The first-order chi connectivity index (χ1) is 11.0. The molecule has 3 rings (SSSR count). The Bertz CT molecular complexity index is 977. The van der Waals surface area contributed by atoms with Gasteiger partial charge in [0.25, 0.3) is 5.69 Å². The largest absolute Gasteiger partial charge is 0.507 e. The summed E-state index contributed by atoms with van der Waals surface area (Å²) in [6, 6.07) is 12.4. The molecule has 7 heteroatoms. The van der Waals surface area contributed by atoms with Crippen molar-refractivity contribution in [2.24, 2.45) is 0 Å². The number of hydrogen-bond acceptors (Lipinski definition) is 6. The van der Waals surface area contributed by atoms with Crippen molar-refractivity contribution in [3.8, 4) is 0 Å². The molecule has 0 aliphatic rings. The molecule has 1 aromatic heterocycles. The monoisotopic (exact) mass is 310 g/mol. The van der Waals surface area contributed by atoms with Gasteiger partial charge >= 0.3 is 5.63 Å². The van der Waals surface area contributed by atoms with Crippen molar-refractivity contribution in [3.05, 3.63) is 80.3 Å². The highest BCUT2D eigenvalue weighted by Crippen LogP contribution is 2.19. The molecule has 23 heavy (non-hydrogen) atoms. The number of nitro benzene ring substituents is 1. The van der Waals surface area contributed by atoms with Gasteiger partial charge in [0.2, 0.25) is 0 Å². The molecule has 1 heterocycles. The van der Waals surface area contributed by atoms with Crippen LogP contribution in [0.4, 0.5) is 5.69 Å². The molecular weight excluding hydrogens is 300 g/mol. The Hall–Kier alpha value is -3.48. The maximum Gasteiger partial charge on any atom is 0.362 e. The van der Waals surface area contributed by atoms with Gasteiger partial charge in [-0.15, -0.1) is 0 Å². The molecule has 0 radical (unpaired) electrons. The van der Waals surface area contributed by atoms with Crippen LogP contribution < -0.4 is 5.63 Å². The van der Waals surface area contributed by atoms with Crippen LogP contribution in [0.5, 0.6) is 0 Å². The minimum Gasteiger partial charge on any atom is -0.507 e. The van der Waals surface area contributed by atoms with Crippen LogP contribution in [0, 0.1) is 10.1 Å². The molecule has 2 aromatic carbocycles. The highest BCUT2D eigenvalue weighted by molar-refractivity contribution is 5.79. The molecule has 0 aliphatic heterocycles. The first-order valence-corrected chi connectivity index (χ1v) is 6.60. The number of aliphatic hydroxyl groups excluding tert-OH is 1. The lowest BCUT2D eigenvalue weighted by Crippen LogP contribution is -2.06. The van der Waals surface area contributed by atoms with E-state index >= 15 is 0 Å². The van der Waals surface area contributed by atoms with Crippen LogP contribution in [-0.4, -0.2) is 15.0 Å². The summed E-state index contributed by atoms with van der Waals surface area (Å²) in [5, 5.41) is 20.8. The van der Waals surface area contributed by atoms with Crippen molar-refractivity contribution >= 4 is 28.6 Å². The Balaban J connectivity index is 2.09. The van der Waals surface area contributed by atoms with E-state index in [2.05, 4.69) is 4.98 Å². The van der Waals surface area contributed by atoms with Gasteiger partial charge in [-0.05, 0) is 6.07 Å². The molecule has 1 N–H and O–H groups in total. The number of benzene rings is 2. The first kappa shape index (κ1) is 14.5. The van der Waals surface area contributed by atoms with E-state index < -0.39 is 10.5 Å². The van der Waals surface area contributed by atoms with Crippen molar-refractivity contribution in [2.45, 2.75) is 0 Å². The Labute approximate surface area is 129 Å². The van der Waals surface area contributed by atoms with Crippen molar-refractivity contribution in [3.63, 3.8) is 0 Å². The van der Waals surface area contributed by atoms with E-state index in [1.54, 1.807) is 30.3 Å². The second-order valence-electron chi connectivity index (χ2n) is 4.69. The first-order valence-electron chi connectivity index (χ1n) is 6.60. The molecular formula is C16H10N2O5. The standard InChI is InChI=1S/C16H10N2O5/c19-14(10-4-2-1-3-5-10)9-13-16(20)23-15-8-11(18(21)22)6-7-12(15)17-13/h1-9,19H/b14-9-. The van der Waals surface area contributed by atoms with Crippen LogP contribution in [0.3, 0.4) is 0 Å². The van der Waals surface area contributed by atoms with Crippen molar-refractivity contribution in [2.75, 3.05) is 0 Å². The molecule has 0 bridgehead atoms. The lowest BCUT2D eigenvalue weighted by atomic mass is 10.1. The predicted octanol–water partition coefficient (Wildman–Crippen LogP) is 3.15. The third-order valence-corrected chi connectivity index (χ3v) is 3.15. The maximum atomic E-state index is 11.9. The number of nitro groups is 1. The van der Waals surface area contributed by atoms with Crippen LogP contribution in [0.1, 0.15) is 11.3 Å². The summed E-state index contributed by atoms with van der Waals surface area (Å²) in [4.78, 5) is 26.1. The zero-order valence-corrected chi connectivity index (χ0v) is 11.7. The molecule has 3 aromatic rings. The molecule has 114 valence electrons. The summed E-state index contributed by atoms with van der Waals surface area (Å²) in [6.07, 6.45) is 1.20. The van der Waals surface area contributed by atoms with Gasteiger partial charge < -0.3 is 9.52 Å². The average Bonchev–Trinajstić information content (AvgIpc) is 2.55. The van der Waals surface area contributed by atoms with Gasteiger partial charge in [-0.25, -0.2) is 9.78 Å².